The van der Waals surface area contributed by atoms with E-state index >= 15 is 0 Å². The molecule has 0 unspecified atom stereocenters. The van der Waals surface area contributed by atoms with E-state index in [1.165, 1.54) is 19.1 Å². The number of anilines is 1. The van der Waals surface area contributed by atoms with Gasteiger partial charge in [0.2, 0.25) is 0 Å². The van der Waals surface area contributed by atoms with Crippen molar-refractivity contribution in [3.8, 4) is 0 Å². The zero-order valence-electron chi connectivity index (χ0n) is 12.6. The van der Waals surface area contributed by atoms with Crippen molar-refractivity contribution in [1.29, 1.82) is 0 Å². The minimum atomic E-state index is -0.946. The van der Waals surface area contributed by atoms with Crippen molar-refractivity contribution in [3.63, 3.8) is 0 Å². The summed E-state index contributed by atoms with van der Waals surface area (Å²) in [6.07, 6.45) is -0.946. The number of carbonyl (C=O) groups is 2. The van der Waals surface area contributed by atoms with Crippen molar-refractivity contribution in [2.45, 2.75) is 20.0 Å². The van der Waals surface area contributed by atoms with Crippen LogP contribution in [-0.2, 0) is 9.53 Å². The van der Waals surface area contributed by atoms with E-state index in [0.29, 0.717) is 21.3 Å². The van der Waals surface area contributed by atoms with E-state index in [0.717, 1.165) is 5.56 Å². The second kappa shape index (κ2) is 7.49. The molecule has 0 bridgehead atoms. The van der Waals surface area contributed by atoms with Gasteiger partial charge in [0.05, 0.1) is 5.56 Å². The Bertz CT molecular complexity index is 729. The molecule has 1 N–H and O–H groups in total. The van der Waals surface area contributed by atoms with Crippen molar-refractivity contribution in [3.05, 3.63) is 63.6 Å². The van der Waals surface area contributed by atoms with Gasteiger partial charge in [-0.15, -0.1) is 0 Å². The van der Waals surface area contributed by atoms with Crippen LogP contribution >= 0.6 is 23.2 Å². The van der Waals surface area contributed by atoms with E-state index in [-0.39, 0.29) is 0 Å². The number of hydrogen-bond acceptors (Lipinski definition) is 3. The first-order valence-corrected chi connectivity index (χ1v) is 7.66. The third kappa shape index (κ3) is 4.71. The van der Waals surface area contributed by atoms with Crippen LogP contribution in [0.15, 0.2) is 42.5 Å². The molecule has 6 heteroatoms. The number of hydrogen-bond donors (Lipinski definition) is 1. The molecule has 0 spiro atoms. The van der Waals surface area contributed by atoms with Crippen LogP contribution < -0.4 is 5.32 Å². The topological polar surface area (TPSA) is 55.4 Å². The first-order chi connectivity index (χ1) is 10.9. The summed E-state index contributed by atoms with van der Waals surface area (Å²) < 4.78 is 5.14. The third-order valence-electron chi connectivity index (χ3n) is 3.17. The lowest BCUT2D eigenvalue weighted by Crippen LogP contribution is -2.30. The normalized spacial score (nSPS) is 11.7. The lowest BCUT2D eigenvalue weighted by molar-refractivity contribution is -0.123. The highest BCUT2D eigenvalue weighted by Crippen LogP contribution is 2.20. The Hall–Kier alpha value is -2.04. The summed E-state index contributed by atoms with van der Waals surface area (Å²) in [5, 5.41) is 3.72. The Morgan fingerprint density at radius 2 is 1.74 bits per heavy atom. The largest absolute Gasteiger partial charge is 0.449 e. The molecule has 2 rings (SSSR count). The summed E-state index contributed by atoms with van der Waals surface area (Å²) in [6, 6.07) is 11.4. The van der Waals surface area contributed by atoms with E-state index < -0.39 is 18.0 Å². The lowest BCUT2D eigenvalue weighted by atomic mass is 10.2. The van der Waals surface area contributed by atoms with Gasteiger partial charge in [-0.25, -0.2) is 4.79 Å². The number of ether oxygens (including phenoxy) is 1. The van der Waals surface area contributed by atoms with Crippen LogP contribution in [0.3, 0.4) is 0 Å². The molecule has 0 aliphatic rings. The summed E-state index contributed by atoms with van der Waals surface area (Å²) in [5.74, 6) is -1.03. The number of nitrogens with one attached hydrogen (secondary N) is 1. The molecule has 0 aliphatic heterocycles. The quantitative estimate of drug-likeness (QED) is 0.825. The average molecular weight is 352 g/mol. The maximum Gasteiger partial charge on any atom is 0.338 e. The Morgan fingerprint density at radius 3 is 2.35 bits per heavy atom. The molecule has 23 heavy (non-hydrogen) atoms. The molecule has 1 atom stereocenters. The van der Waals surface area contributed by atoms with Crippen LogP contribution in [0.1, 0.15) is 22.8 Å². The Balaban J connectivity index is 1.97. The molecule has 120 valence electrons. The highest BCUT2D eigenvalue weighted by atomic mass is 35.5. The second-order valence-corrected chi connectivity index (χ2v) is 5.85. The van der Waals surface area contributed by atoms with Gasteiger partial charge in [0.15, 0.2) is 6.10 Å². The molecule has 0 saturated carbocycles. The van der Waals surface area contributed by atoms with Crippen molar-refractivity contribution < 1.29 is 14.3 Å². The van der Waals surface area contributed by atoms with Crippen molar-refractivity contribution >= 4 is 40.8 Å². The molecule has 0 radical (unpaired) electrons. The molecular formula is C17H15Cl2NO3. The van der Waals surface area contributed by atoms with Crippen molar-refractivity contribution in [1.82, 2.24) is 0 Å². The first-order valence-electron chi connectivity index (χ1n) is 6.90. The third-order valence-corrected chi connectivity index (χ3v) is 3.83. The zero-order chi connectivity index (χ0) is 17.0. The van der Waals surface area contributed by atoms with E-state index in [1.807, 2.05) is 6.92 Å². The maximum absolute atomic E-state index is 12.1. The molecule has 0 heterocycles. The minimum absolute atomic E-state index is 0.326. The SMILES string of the molecule is Cc1ccc(NC(=O)[C@@H](C)OC(=O)c2ccc(Cl)cc2)cc1Cl. The predicted octanol–water partition coefficient (Wildman–Crippen LogP) is 4.49. The number of halogens is 2. The van der Waals surface area contributed by atoms with Crippen LogP contribution in [0.4, 0.5) is 5.69 Å². The fourth-order valence-corrected chi connectivity index (χ4v) is 2.09. The van der Waals surface area contributed by atoms with E-state index in [9.17, 15) is 9.59 Å². The maximum atomic E-state index is 12.1. The Morgan fingerprint density at radius 1 is 1.09 bits per heavy atom. The van der Waals surface area contributed by atoms with Crippen LogP contribution in [0.5, 0.6) is 0 Å². The predicted molar refractivity (Wildman–Crippen MR) is 91.1 cm³/mol. The molecule has 4 nitrogen and oxygen atoms in total. The van der Waals surface area contributed by atoms with E-state index in [1.54, 1.807) is 30.3 Å². The second-order valence-electron chi connectivity index (χ2n) is 5.01. The smallest absolute Gasteiger partial charge is 0.338 e. The van der Waals surface area contributed by atoms with E-state index in [2.05, 4.69) is 5.32 Å². The van der Waals surface area contributed by atoms with Crippen molar-refractivity contribution in [2.24, 2.45) is 0 Å². The van der Waals surface area contributed by atoms with Crippen LogP contribution in [0.25, 0.3) is 0 Å². The van der Waals surface area contributed by atoms with Gasteiger partial charge >= 0.3 is 5.97 Å². The summed E-state index contributed by atoms with van der Waals surface area (Å²) >= 11 is 11.8. The van der Waals surface area contributed by atoms with Gasteiger partial charge in [-0.3, -0.25) is 4.79 Å². The zero-order valence-corrected chi connectivity index (χ0v) is 14.1. The molecule has 0 fully saturated rings. The summed E-state index contributed by atoms with van der Waals surface area (Å²) in [4.78, 5) is 24.0. The first kappa shape index (κ1) is 17.3. The fourth-order valence-electron chi connectivity index (χ4n) is 1.78. The molecular weight excluding hydrogens is 337 g/mol. The van der Waals surface area contributed by atoms with Gasteiger partial charge in [0.25, 0.3) is 5.91 Å². The highest BCUT2D eigenvalue weighted by Gasteiger charge is 2.19. The molecule has 0 saturated heterocycles. The highest BCUT2D eigenvalue weighted by molar-refractivity contribution is 6.31. The van der Waals surface area contributed by atoms with Gasteiger partial charge in [-0.1, -0.05) is 29.3 Å². The minimum Gasteiger partial charge on any atom is -0.449 e. The summed E-state index contributed by atoms with van der Waals surface area (Å²) in [6.45, 7) is 3.36. The molecule has 0 aliphatic carbocycles. The molecule has 0 aromatic heterocycles. The number of amides is 1. The average Bonchev–Trinajstić information content (AvgIpc) is 2.51. The van der Waals surface area contributed by atoms with Gasteiger partial charge in [-0.2, -0.15) is 0 Å². The molecule has 2 aromatic carbocycles. The Labute approximate surface area is 144 Å². The van der Waals surface area contributed by atoms with Crippen molar-refractivity contribution in [2.75, 3.05) is 5.32 Å². The van der Waals surface area contributed by atoms with Gasteiger partial charge < -0.3 is 10.1 Å². The monoisotopic (exact) mass is 351 g/mol. The van der Waals surface area contributed by atoms with Gasteiger partial charge in [0.1, 0.15) is 0 Å². The van der Waals surface area contributed by atoms with E-state index in [4.69, 9.17) is 27.9 Å². The van der Waals surface area contributed by atoms with Crippen LogP contribution in [0.2, 0.25) is 10.0 Å². The molecule has 2 aromatic rings. The number of carbonyl (C=O) groups excluding carboxylic acids is 2. The number of rotatable bonds is 4. The standard InChI is InChI=1S/C17H15Cl2NO3/c1-10-3-8-14(9-15(10)19)20-16(21)11(2)23-17(22)12-4-6-13(18)7-5-12/h3-9,11H,1-2H3,(H,20,21)/t11-/m1/s1. The van der Waals surface area contributed by atoms with Crippen LogP contribution in [0, 0.1) is 6.92 Å². The molecule has 1 amide bonds. The lowest BCUT2D eigenvalue weighted by Gasteiger charge is -2.14. The van der Waals surface area contributed by atoms with Crippen LogP contribution in [-0.4, -0.2) is 18.0 Å². The number of benzene rings is 2. The fraction of sp³-hybridized carbons (Fsp3) is 0.176. The summed E-state index contributed by atoms with van der Waals surface area (Å²) in [5.41, 5.74) is 1.78. The number of esters is 1. The Kier molecular flexibility index (Phi) is 5.64. The van der Waals surface area contributed by atoms with Gasteiger partial charge in [-0.05, 0) is 55.8 Å². The van der Waals surface area contributed by atoms with Gasteiger partial charge in [0, 0.05) is 15.7 Å². The summed E-state index contributed by atoms with van der Waals surface area (Å²) in [7, 11) is 0. The number of aryl methyl sites for hydroxylation is 1.